The van der Waals surface area contributed by atoms with Gasteiger partial charge in [0.25, 0.3) is 0 Å². The Labute approximate surface area is 98.7 Å². The van der Waals surface area contributed by atoms with Crippen LogP contribution >= 0.6 is 11.8 Å². The molecule has 0 spiro atoms. The van der Waals surface area contributed by atoms with Crippen molar-refractivity contribution < 1.29 is 0 Å². The summed E-state index contributed by atoms with van der Waals surface area (Å²) in [6, 6.07) is 7.97. The van der Waals surface area contributed by atoms with Gasteiger partial charge in [-0.3, -0.25) is 0 Å². The first-order valence-corrected chi connectivity index (χ1v) is 6.30. The zero-order valence-electron chi connectivity index (χ0n) is 9.27. The van der Waals surface area contributed by atoms with Gasteiger partial charge in [-0.1, -0.05) is 18.2 Å². The van der Waals surface area contributed by atoms with E-state index in [1.165, 1.54) is 0 Å². The molecule has 1 aromatic carbocycles. The van der Waals surface area contributed by atoms with E-state index in [1.807, 2.05) is 49.1 Å². The number of aliphatic imine (C=N–C) groups is 1. The molecule has 0 aliphatic heterocycles. The van der Waals surface area contributed by atoms with Crippen LogP contribution in [0.2, 0.25) is 0 Å². The van der Waals surface area contributed by atoms with Crippen LogP contribution < -0.4 is 0 Å². The Bertz CT molecular complexity index is 507. The van der Waals surface area contributed by atoms with Crippen molar-refractivity contribution >= 4 is 34.0 Å². The standard InChI is InChI=1S/C12H13N3S/c1-3-9(13-8-16-2)12-14-10-6-4-5-7-11(10)15-12/h3-8H,1-2H3,(H,14,15)/b9-3-,13-8-. The highest BCUT2D eigenvalue weighted by atomic mass is 32.2. The average Bonchev–Trinajstić information content (AvgIpc) is 2.73. The second kappa shape index (κ2) is 4.99. The van der Waals surface area contributed by atoms with E-state index in [0.29, 0.717) is 0 Å². The number of hydrogen-bond acceptors (Lipinski definition) is 3. The summed E-state index contributed by atoms with van der Waals surface area (Å²) in [4.78, 5) is 12.1. The van der Waals surface area contributed by atoms with Crippen molar-refractivity contribution in [3.63, 3.8) is 0 Å². The zero-order valence-corrected chi connectivity index (χ0v) is 10.1. The van der Waals surface area contributed by atoms with E-state index in [4.69, 9.17) is 0 Å². The molecule has 0 aliphatic rings. The number of nitrogens with one attached hydrogen (secondary N) is 1. The monoisotopic (exact) mass is 231 g/mol. The molecule has 0 bridgehead atoms. The van der Waals surface area contributed by atoms with Crippen molar-refractivity contribution in [2.75, 3.05) is 6.26 Å². The molecule has 0 radical (unpaired) electrons. The lowest BCUT2D eigenvalue weighted by Gasteiger charge is -1.94. The number of H-pyrrole nitrogens is 1. The number of hydrogen-bond donors (Lipinski definition) is 1. The lowest BCUT2D eigenvalue weighted by molar-refractivity contribution is 1.24. The van der Waals surface area contributed by atoms with Gasteiger partial charge in [-0.15, -0.1) is 11.8 Å². The van der Waals surface area contributed by atoms with Crippen LogP contribution in [0, 0.1) is 0 Å². The van der Waals surface area contributed by atoms with Gasteiger partial charge >= 0.3 is 0 Å². The Hall–Kier alpha value is -1.55. The molecule has 0 aliphatic carbocycles. The molecule has 1 aromatic heterocycles. The van der Waals surface area contributed by atoms with Gasteiger partial charge in [0.1, 0.15) is 5.70 Å². The zero-order chi connectivity index (χ0) is 11.4. The molecular formula is C12H13N3S. The van der Waals surface area contributed by atoms with Crippen LogP contribution in [0.3, 0.4) is 0 Å². The molecule has 16 heavy (non-hydrogen) atoms. The number of thioether (sulfide) groups is 1. The molecule has 1 heterocycles. The van der Waals surface area contributed by atoms with Gasteiger partial charge in [0.05, 0.1) is 16.6 Å². The fourth-order valence-electron chi connectivity index (χ4n) is 1.46. The van der Waals surface area contributed by atoms with E-state index in [-0.39, 0.29) is 0 Å². The largest absolute Gasteiger partial charge is 0.337 e. The lowest BCUT2D eigenvalue weighted by Crippen LogP contribution is -1.83. The first-order chi connectivity index (χ1) is 7.85. The number of fused-ring (bicyclic) bond motifs is 1. The van der Waals surface area contributed by atoms with Crippen LogP contribution in [0.5, 0.6) is 0 Å². The molecule has 4 heteroatoms. The Morgan fingerprint density at radius 3 is 2.94 bits per heavy atom. The second-order valence-corrected chi connectivity index (χ2v) is 3.93. The molecule has 0 amide bonds. The third-order valence-electron chi connectivity index (χ3n) is 2.20. The van der Waals surface area contributed by atoms with Crippen LogP contribution in [0.1, 0.15) is 12.7 Å². The van der Waals surface area contributed by atoms with Crippen molar-refractivity contribution in [1.82, 2.24) is 9.97 Å². The minimum Gasteiger partial charge on any atom is -0.337 e. The number of aromatic nitrogens is 2. The van der Waals surface area contributed by atoms with Gasteiger partial charge in [-0.2, -0.15) is 0 Å². The molecular weight excluding hydrogens is 218 g/mol. The van der Waals surface area contributed by atoms with Crippen LogP contribution in [0.4, 0.5) is 0 Å². The predicted octanol–water partition coefficient (Wildman–Crippen LogP) is 3.32. The van der Waals surface area contributed by atoms with E-state index in [2.05, 4.69) is 15.0 Å². The van der Waals surface area contributed by atoms with Crippen molar-refractivity contribution in [3.05, 3.63) is 36.2 Å². The van der Waals surface area contributed by atoms with Crippen LogP contribution in [-0.2, 0) is 0 Å². The average molecular weight is 231 g/mol. The van der Waals surface area contributed by atoms with Gasteiger partial charge in [-0.05, 0) is 25.3 Å². The number of para-hydroxylation sites is 2. The number of benzene rings is 1. The Morgan fingerprint density at radius 1 is 1.44 bits per heavy atom. The summed E-state index contributed by atoms with van der Waals surface area (Å²) < 4.78 is 0. The first kappa shape index (κ1) is 11.0. The highest BCUT2D eigenvalue weighted by Gasteiger charge is 2.04. The Morgan fingerprint density at radius 2 is 2.25 bits per heavy atom. The summed E-state index contributed by atoms with van der Waals surface area (Å²) in [6.07, 6.45) is 3.93. The molecule has 0 fully saturated rings. The number of allylic oxidation sites excluding steroid dienone is 1. The highest BCUT2D eigenvalue weighted by Crippen LogP contribution is 2.17. The fraction of sp³-hybridized carbons (Fsp3) is 0.167. The van der Waals surface area contributed by atoms with Crippen LogP contribution in [-0.4, -0.2) is 21.8 Å². The molecule has 1 N–H and O–H groups in total. The number of imidazole rings is 1. The van der Waals surface area contributed by atoms with Gasteiger partial charge in [-0.25, -0.2) is 9.98 Å². The molecule has 3 nitrogen and oxygen atoms in total. The van der Waals surface area contributed by atoms with Crippen molar-refractivity contribution in [1.29, 1.82) is 0 Å². The lowest BCUT2D eigenvalue weighted by atomic mass is 10.3. The van der Waals surface area contributed by atoms with E-state index < -0.39 is 0 Å². The van der Waals surface area contributed by atoms with Gasteiger partial charge in [0.2, 0.25) is 0 Å². The molecule has 82 valence electrons. The molecule has 0 unspecified atom stereocenters. The van der Waals surface area contributed by atoms with E-state index in [0.717, 1.165) is 22.6 Å². The molecule has 2 aromatic rings. The maximum atomic E-state index is 4.49. The van der Waals surface area contributed by atoms with Crippen LogP contribution in [0.15, 0.2) is 35.3 Å². The highest BCUT2D eigenvalue weighted by molar-refractivity contribution is 8.11. The van der Waals surface area contributed by atoms with Crippen LogP contribution in [0.25, 0.3) is 16.7 Å². The summed E-state index contributed by atoms with van der Waals surface area (Å²) in [5, 5.41) is 0. The summed E-state index contributed by atoms with van der Waals surface area (Å²) in [6.45, 7) is 1.96. The van der Waals surface area contributed by atoms with E-state index >= 15 is 0 Å². The van der Waals surface area contributed by atoms with Gasteiger partial charge in [0, 0.05) is 0 Å². The normalized spacial score (nSPS) is 12.8. The third-order valence-corrected chi connectivity index (χ3v) is 2.52. The Balaban J connectivity index is 2.42. The molecule has 0 saturated carbocycles. The topological polar surface area (TPSA) is 41.0 Å². The van der Waals surface area contributed by atoms with E-state index in [9.17, 15) is 0 Å². The van der Waals surface area contributed by atoms with Gasteiger partial charge in [0.15, 0.2) is 5.82 Å². The van der Waals surface area contributed by atoms with Crippen molar-refractivity contribution in [2.24, 2.45) is 4.99 Å². The van der Waals surface area contributed by atoms with Crippen molar-refractivity contribution in [3.8, 4) is 0 Å². The predicted molar refractivity (Wildman–Crippen MR) is 71.8 cm³/mol. The van der Waals surface area contributed by atoms with E-state index in [1.54, 1.807) is 11.8 Å². The van der Waals surface area contributed by atoms with Gasteiger partial charge < -0.3 is 4.98 Å². The second-order valence-electron chi connectivity index (χ2n) is 3.25. The SMILES string of the molecule is C/C=C(\N=C/SC)c1nc2ccccc2[nH]1. The third kappa shape index (κ3) is 2.17. The number of aromatic amines is 1. The summed E-state index contributed by atoms with van der Waals surface area (Å²) in [7, 11) is 0. The molecule has 0 atom stereocenters. The number of nitrogens with zero attached hydrogens (tertiary/aromatic N) is 2. The number of rotatable bonds is 3. The first-order valence-electron chi connectivity index (χ1n) is 5.02. The summed E-state index contributed by atoms with van der Waals surface area (Å²) in [5.74, 6) is 0.814. The minimum atomic E-state index is 0.814. The smallest absolute Gasteiger partial charge is 0.156 e. The summed E-state index contributed by atoms with van der Waals surface area (Å²) in [5.41, 5.74) is 4.68. The minimum absolute atomic E-state index is 0.814. The van der Waals surface area contributed by atoms with Crippen molar-refractivity contribution in [2.45, 2.75) is 6.92 Å². The summed E-state index contributed by atoms with van der Waals surface area (Å²) >= 11 is 1.57. The fourth-order valence-corrected chi connectivity index (χ4v) is 1.67. The quantitative estimate of drug-likeness (QED) is 0.650. The maximum Gasteiger partial charge on any atom is 0.156 e. The maximum absolute atomic E-state index is 4.49. The Kier molecular flexibility index (Phi) is 3.41. The molecule has 0 saturated heterocycles. The molecule has 2 rings (SSSR count).